The predicted molar refractivity (Wildman–Crippen MR) is 72.8 cm³/mol. The summed E-state index contributed by atoms with van der Waals surface area (Å²) in [6, 6.07) is 9.07. The normalized spacial score (nSPS) is 11.0. The Labute approximate surface area is 128 Å². The van der Waals surface area contributed by atoms with Gasteiger partial charge in [-0.2, -0.15) is 13.2 Å². The summed E-state index contributed by atoms with van der Waals surface area (Å²) in [5.41, 5.74) is 1.55. The van der Waals surface area contributed by atoms with Gasteiger partial charge in [-0.25, -0.2) is 4.39 Å². The molecule has 0 aliphatic carbocycles. The lowest BCUT2D eigenvalue weighted by molar-refractivity contribution is -0.137. The van der Waals surface area contributed by atoms with Gasteiger partial charge in [0.05, 0.1) is 16.7 Å². The van der Waals surface area contributed by atoms with Crippen molar-refractivity contribution in [2.45, 2.75) is 6.18 Å². The first kappa shape index (κ1) is 16.5. The lowest BCUT2D eigenvalue weighted by Crippen LogP contribution is -2.42. The maximum absolute atomic E-state index is 13.4. The highest BCUT2D eigenvalue weighted by atomic mass is 19.4. The molecule has 0 heterocycles. The van der Waals surface area contributed by atoms with Gasteiger partial charge in [-0.15, -0.1) is 0 Å². The van der Waals surface area contributed by atoms with E-state index in [1.54, 1.807) is 0 Å². The van der Waals surface area contributed by atoms with Gasteiger partial charge < -0.3 is 0 Å². The average Bonchev–Trinajstić information content (AvgIpc) is 2.52. The monoisotopic (exact) mass is 326 g/mol. The quantitative estimate of drug-likeness (QED) is 0.658. The number of hydrogen-bond donors (Lipinski definition) is 2. The number of benzene rings is 2. The summed E-state index contributed by atoms with van der Waals surface area (Å²) >= 11 is 0. The molecule has 0 aliphatic rings. The molecule has 23 heavy (non-hydrogen) atoms. The Morgan fingerprint density at radius 3 is 1.83 bits per heavy atom. The number of carbonyl (C=O) groups excluding carboxylic acids is 2. The molecule has 0 radical (unpaired) electrons. The Balaban J connectivity index is 2.12. The van der Waals surface area contributed by atoms with Crippen molar-refractivity contribution in [1.29, 1.82) is 0 Å². The van der Waals surface area contributed by atoms with Crippen molar-refractivity contribution in [3.05, 3.63) is 71.0 Å². The fourth-order valence-corrected chi connectivity index (χ4v) is 1.82. The predicted octanol–water partition coefficient (Wildman–Crippen LogP) is 2.92. The Bertz CT molecular complexity index is 744. The third kappa shape index (κ3) is 3.85. The van der Waals surface area contributed by atoms with Crippen LogP contribution >= 0.6 is 0 Å². The zero-order valence-corrected chi connectivity index (χ0v) is 11.4. The summed E-state index contributed by atoms with van der Waals surface area (Å²) in [6.45, 7) is 0. The molecular formula is C15H10F4N2O2. The van der Waals surface area contributed by atoms with Crippen molar-refractivity contribution in [2.24, 2.45) is 0 Å². The van der Waals surface area contributed by atoms with Crippen LogP contribution in [0.15, 0.2) is 48.5 Å². The molecule has 0 fully saturated rings. The van der Waals surface area contributed by atoms with Crippen LogP contribution in [-0.2, 0) is 6.18 Å². The number of hydrogen-bond acceptors (Lipinski definition) is 2. The zero-order chi connectivity index (χ0) is 17.0. The maximum atomic E-state index is 13.4. The lowest BCUT2D eigenvalue weighted by Gasteiger charge is -2.13. The molecule has 0 saturated heterocycles. The Morgan fingerprint density at radius 1 is 0.783 bits per heavy atom. The van der Waals surface area contributed by atoms with Crippen LogP contribution in [-0.4, -0.2) is 11.8 Å². The second-order valence-corrected chi connectivity index (χ2v) is 4.43. The van der Waals surface area contributed by atoms with Crippen molar-refractivity contribution >= 4 is 11.8 Å². The molecule has 4 nitrogen and oxygen atoms in total. The van der Waals surface area contributed by atoms with Crippen LogP contribution in [0.2, 0.25) is 0 Å². The van der Waals surface area contributed by atoms with Gasteiger partial charge in [-0.3, -0.25) is 20.4 Å². The molecule has 0 aromatic heterocycles. The smallest absolute Gasteiger partial charge is 0.267 e. The summed E-state index contributed by atoms with van der Waals surface area (Å²) in [5.74, 6) is -2.97. The van der Waals surface area contributed by atoms with Crippen LogP contribution in [0.4, 0.5) is 17.6 Å². The van der Waals surface area contributed by atoms with E-state index in [9.17, 15) is 27.2 Å². The topological polar surface area (TPSA) is 58.2 Å². The highest BCUT2D eigenvalue weighted by Crippen LogP contribution is 2.31. The third-order valence-electron chi connectivity index (χ3n) is 2.89. The van der Waals surface area contributed by atoms with Crippen LogP contribution in [0, 0.1) is 5.82 Å². The van der Waals surface area contributed by atoms with E-state index in [-0.39, 0.29) is 5.56 Å². The fourth-order valence-electron chi connectivity index (χ4n) is 1.82. The van der Waals surface area contributed by atoms with Crippen LogP contribution in [0.3, 0.4) is 0 Å². The minimum absolute atomic E-state index is 0.350. The van der Waals surface area contributed by atoms with E-state index in [1.165, 1.54) is 24.3 Å². The van der Waals surface area contributed by atoms with Gasteiger partial charge in [0.15, 0.2) is 0 Å². The van der Waals surface area contributed by atoms with E-state index in [2.05, 4.69) is 0 Å². The van der Waals surface area contributed by atoms with Crippen molar-refractivity contribution in [3.8, 4) is 0 Å². The molecular weight excluding hydrogens is 316 g/mol. The van der Waals surface area contributed by atoms with Crippen molar-refractivity contribution in [3.63, 3.8) is 0 Å². The molecule has 0 aliphatic heterocycles. The van der Waals surface area contributed by atoms with E-state index >= 15 is 0 Å². The maximum Gasteiger partial charge on any atom is 0.417 e. The molecule has 120 valence electrons. The third-order valence-corrected chi connectivity index (χ3v) is 2.89. The number of alkyl halides is 3. The second-order valence-electron chi connectivity index (χ2n) is 4.43. The SMILES string of the molecule is O=C(NNC(=O)c1ccccc1C(F)(F)F)c1ccccc1F. The van der Waals surface area contributed by atoms with Gasteiger partial charge >= 0.3 is 6.18 Å². The standard InChI is InChI=1S/C15H10F4N2O2/c16-12-8-4-2-6-10(12)14(23)21-20-13(22)9-5-1-3-7-11(9)15(17,18)19/h1-8H,(H,20,22)(H,21,23). The summed E-state index contributed by atoms with van der Waals surface area (Å²) in [6.07, 6.45) is -4.72. The van der Waals surface area contributed by atoms with E-state index in [0.717, 1.165) is 24.3 Å². The van der Waals surface area contributed by atoms with Crippen LogP contribution in [0.25, 0.3) is 0 Å². The Hall–Kier alpha value is -2.90. The molecule has 2 N–H and O–H groups in total. The fraction of sp³-hybridized carbons (Fsp3) is 0.0667. The lowest BCUT2D eigenvalue weighted by atomic mass is 10.1. The minimum Gasteiger partial charge on any atom is -0.267 e. The van der Waals surface area contributed by atoms with Crippen molar-refractivity contribution < 1.29 is 27.2 Å². The summed E-state index contributed by atoms with van der Waals surface area (Å²) in [4.78, 5) is 23.5. The van der Waals surface area contributed by atoms with Gasteiger partial charge in [0.1, 0.15) is 5.82 Å². The summed E-state index contributed by atoms with van der Waals surface area (Å²) in [7, 11) is 0. The zero-order valence-electron chi connectivity index (χ0n) is 11.4. The summed E-state index contributed by atoms with van der Waals surface area (Å²) < 4.78 is 51.8. The van der Waals surface area contributed by atoms with Gasteiger partial charge in [0.2, 0.25) is 0 Å². The molecule has 0 saturated carbocycles. The molecule has 2 aromatic rings. The molecule has 0 spiro atoms. The first-order valence-corrected chi connectivity index (χ1v) is 6.32. The number of nitrogens with one attached hydrogen (secondary N) is 2. The van der Waals surface area contributed by atoms with Crippen molar-refractivity contribution in [2.75, 3.05) is 0 Å². The summed E-state index contributed by atoms with van der Waals surface area (Å²) in [5, 5.41) is 0. The molecule has 8 heteroatoms. The van der Waals surface area contributed by atoms with Crippen LogP contribution in [0.5, 0.6) is 0 Å². The first-order valence-electron chi connectivity index (χ1n) is 6.32. The molecule has 2 amide bonds. The second kappa shape index (κ2) is 6.47. The number of amides is 2. The van der Waals surface area contributed by atoms with Crippen LogP contribution < -0.4 is 10.9 Å². The highest BCUT2D eigenvalue weighted by molar-refractivity contribution is 6.00. The Kier molecular flexibility index (Phi) is 4.63. The van der Waals surface area contributed by atoms with Gasteiger partial charge in [0.25, 0.3) is 11.8 Å². The number of carbonyl (C=O) groups is 2. The van der Waals surface area contributed by atoms with Gasteiger partial charge in [-0.05, 0) is 24.3 Å². The molecule has 0 atom stereocenters. The minimum atomic E-state index is -4.72. The molecule has 0 bridgehead atoms. The number of halogens is 4. The van der Waals surface area contributed by atoms with Gasteiger partial charge in [0, 0.05) is 0 Å². The van der Waals surface area contributed by atoms with E-state index in [4.69, 9.17) is 0 Å². The van der Waals surface area contributed by atoms with E-state index in [1.807, 2.05) is 10.9 Å². The molecule has 2 aromatic carbocycles. The van der Waals surface area contributed by atoms with E-state index in [0.29, 0.717) is 0 Å². The van der Waals surface area contributed by atoms with Crippen LogP contribution in [0.1, 0.15) is 26.3 Å². The van der Waals surface area contributed by atoms with Crippen molar-refractivity contribution in [1.82, 2.24) is 10.9 Å². The number of hydrazine groups is 1. The first-order chi connectivity index (χ1) is 10.8. The van der Waals surface area contributed by atoms with Gasteiger partial charge in [-0.1, -0.05) is 24.3 Å². The molecule has 0 unspecified atom stereocenters. The highest BCUT2D eigenvalue weighted by Gasteiger charge is 2.34. The number of rotatable bonds is 2. The largest absolute Gasteiger partial charge is 0.417 e. The molecule has 2 rings (SSSR count). The average molecular weight is 326 g/mol. The Morgan fingerprint density at radius 2 is 1.26 bits per heavy atom. The van der Waals surface area contributed by atoms with E-state index < -0.39 is 34.9 Å².